The Morgan fingerprint density at radius 2 is 2.47 bits per heavy atom. The number of aromatic nitrogens is 2. The molecule has 0 amide bonds. The fourth-order valence-corrected chi connectivity index (χ4v) is 2.53. The Labute approximate surface area is 104 Å². The average Bonchev–Trinajstić information content (AvgIpc) is 2.38. The zero-order chi connectivity index (χ0) is 12.1. The number of anilines is 1. The number of rotatable bonds is 3. The number of nitrogens with two attached hydrogens (primary N) is 1. The lowest BCUT2D eigenvalue weighted by atomic mass is 10.1. The van der Waals surface area contributed by atoms with Crippen molar-refractivity contribution in [2.24, 2.45) is 0 Å². The van der Waals surface area contributed by atoms with E-state index in [2.05, 4.69) is 9.97 Å². The van der Waals surface area contributed by atoms with Crippen molar-refractivity contribution in [2.75, 3.05) is 18.1 Å². The van der Waals surface area contributed by atoms with Crippen molar-refractivity contribution in [3.63, 3.8) is 0 Å². The molecule has 0 unspecified atom stereocenters. The highest BCUT2D eigenvalue weighted by Crippen LogP contribution is 2.21. The van der Waals surface area contributed by atoms with Gasteiger partial charge in [-0.15, -0.1) is 0 Å². The molecule has 1 fully saturated rings. The molecule has 2 heterocycles. The maximum Gasteiger partial charge on any atom is 0.189 e. The van der Waals surface area contributed by atoms with Crippen LogP contribution in [0.1, 0.15) is 24.8 Å². The highest BCUT2D eigenvalue weighted by Gasteiger charge is 2.15. The van der Waals surface area contributed by atoms with Gasteiger partial charge >= 0.3 is 0 Å². The highest BCUT2D eigenvalue weighted by molar-refractivity contribution is 7.99. The van der Waals surface area contributed by atoms with Gasteiger partial charge in [-0.05, 0) is 19.3 Å². The summed E-state index contributed by atoms with van der Waals surface area (Å²) in [6.45, 7) is 0.849. The van der Waals surface area contributed by atoms with Gasteiger partial charge in [0.15, 0.2) is 5.16 Å². The van der Waals surface area contributed by atoms with Gasteiger partial charge in [-0.3, -0.25) is 0 Å². The molecule has 1 aliphatic rings. The van der Waals surface area contributed by atoms with E-state index in [0.29, 0.717) is 10.7 Å². The summed E-state index contributed by atoms with van der Waals surface area (Å²) in [6.07, 6.45) is 5.23. The molecule has 0 spiro atoms. The quantitative estimate of drug-likeness (QED) is 0.647. The summed E-state index contributed by atoms with van der Waals surface area (Å²) in [7, 11) is 0. The monoisotopic (exact) mass is 250 g/mol. The van der Waals surface area contributed by atoms with Crippen LogP contribution in [0.4, 0.5) is 5.82 Å². The van der Waals surface area contributed by atoms with Crippen molar-refractivity contribution in [1.29, 1.82) is 5.26 Å². The molecule has 5 nitrogen and oxygen atoms in total. The molecule has 0 radical (unpaired) electrons. The van der Waals surface area contributed by atoms with E-state index in [9.17, 15) is 0 Å². The van der Waals surface area contributed by atoms with Gasteiger partial charge in [0.1, 0.15) is 17.5 Å². The lowest BCUT2D eigenvalue weighted by Gasteiger charge is -2.21. The minimum absolute atomic E-state index is 0.245. The number of ether oxygens (including phenoxy) is 1. The minimum atomic E-state index is 0.245. The molecule has 17 heavy (non-hydrogen) atoms. The summed E-state index contributed by atoms with van der Waals surface area (Å²) in [5.74, 6) is 1.08. The first kappa shape index (κ1) is 12.1. The van der Waals surface area contributed by atoms with Crippen molar-refractivity contribution in [3.8, 4) is 6.07 Å². The number of hydrogen-bond donors (Lipinski definition) is 1. The van der Waals surface area contributed by atoms with Crippen molar-refractivity contribution in [2.45, 2.75) is 30.5 Å². The summed E-state index contributed by atoms with van der Waals surface area (Å²) in [5, 5.41) is 9.31. The van der Waals surface area contributed by atoms with E-state index in [4.69, 9.17) is 15.7 Å². The van der Waals surface area contributed by atoms with Gasteiger partial charge in [-0.2, -0.15) is 5.26 Å². The first-order valence-electron chi connectivity index (χ1n) is 5.56. The maximum atomic E-state index is 8.71. The first-order valence-corrected chi connectivity index (χ1v) is 6.55. The molecule has 0 saturated carbocycles. The third-order valence-electron chi connectivity index (χ3n) is 2.59. The topological polar surface area (TPSA) is 84.8 Å². The molecule has 1 saturated heterocycles. The van der Waals surface area contributed by atoms with Crippen molar-refractivity contribution < 1.29 is 4.74 Å². The Balaban J connectivity index is 1.90. The molecule has 1 atom stereocenters. The zero-order valence-corrected chi connectivity index (χ0v) is 10.2. The summed E-state index contributed by atoms with van der Waals surface area (Å²) in [5.41, 5.74) is 5.94. The summed E-state index contributed by atoms with van der Waals surface area (Å²) in [4.78, 5) is 8.17. The van der Waals surface area contributed by atoms with Crippen LogP contribution in [0.5, 0.6) is 0 Å². The third kappa shape index (κ3) is 3.32. The van der Waals surface area contributed by atoms with E-state index in [-0.39, 0.29) is 11.9 Å². The molecule has 1 aromatic rings. The largest absolute Gasteiger partial charge is 0.382 e. The Morgan fingerprint density at radius 1 is 1.59 bits per heavy atom. The maximum absolute atomic E-state index is 8.71. The van der Waals surface area contributed by atoms with Crippen LogP contribution in [0.25, 0.3) is 0 Å². The molecule has 2 N–H and O–H groups in total. The fraction of sp³-hybridized carbons (Fsp3) is 0.545. The standard InChI is InChI=1S/C11H14N4OS/c12-5-8-6-14-11(15-10(8)13)17-7-9-3-1-2-4-16-9/h6,9H,1-4,7H2,(H2,13,14,15)/t9-/m1/s1. The van der Waals surface area contributed by atoms with Crippen LogP contribution in [-0.4, -0.2) is 28.4 Å². The molecule has 6 heteroatoms. The van der Waals surface area contributed by atoms with E-state index in [0.717, 1.165) is 25.2 Å². The van der Waals surface area contributed by atoms with Crippen LogP contribution >= 0.6 is 11.8 Å². The Bertz CT molecular complexity index is 426. The Hall–Kier alpha value is -1.32. The van der Waals surface area contributed by atoms with Crippen LogP contribution in [0.15, 0.2) is 11.4 Å². The summed E-state index contributed by atoms with van der Waals surface area (Å²) in [6, 6.07) is 1.94. The lowest BCUT2D eigenvalue weighted by molar-refractivity contribution is 0.0315. The second-order valence-corrected chi connectivity index (χ2v) is 4.85. The molecular formula is C11H14N4OS. The molecule has 0 aliphatic carbocycles. The molecule has 0 bridgehead atoms. The summed E-state index contributed by atoms with van der Waals surface area (Å²) < 4.78 is 5.61. The van der Waals surface area contributed by atoms with E-state index in [1.807, 2.05) is 6.07 Å². The normalized spacial score (nSPS) is 19.8. The Kier molecular flexibility index (Phi) is 4.18. The van der Waals surface area contributed by atoms with E-state index in [1.54, 1.807) is 0 Å². The van der Waals surface area contributed by atoms with Gasteiger partial charge in [-0.1, -0.05) is 11.8 Å². The number of nitrogen functional groups attached to an aromatic ring is 1. The van der Waals surface area contributed by atoms with Crippen LogP contribution in [0, 0.1) is 11.3 Å². The Morgan fingerprint density at radius 3 is 3.12 bits per heavy atom. The molecule has 90 valence electrons. The predicted molar refractivity (Wildman–Crippen MR) is 65.5 cm³/mol. The van der Waals surface area contributed by atoms with Crippen molar-refractivity contribution in [1.82, 2.24) is 9.97 Å². The average molecular weight is 250 g/mol. The molecular weight excluding hydrogens is 236 g/mol. The smallest absolute Gasteiger partial charge is 0.189 e. The third-order valence-corrected chi connectivity index (χ3v) is 3.58. The van der Waals surface area contributed by atoms with Gasteiger partial charge < -0.3 is 10.5 Å². The summed E-state index contributed by atoms with van der Waals surface area (Å²) >= 11 is 1.52. The van der Waals surface area contributed by atoms with Crippen LogP contribution < -0.4 is 5.73 Å². The minimum Gasteiger partial charge on any atom is -0.382 e. The molecule has 1 aromatic heterocycles. The van der Waals surface area contributed by atoms with Crippen LogP contribution in [-0.2, 0) is 4.74 Å². The lowest BCUT2D eigenvalue weighted by Crippen LogP contribution is -2.21. The van der Waals surface area contributed by atoms with Gasteiger partial charge in [0, 0.05) is 12.4 Å². The van der Waals surface area contributed by atoms with Crippen LogP contribution in [0.3, 0.4) is 0 Å². The number of hydrogen-bond acceptors (Lipinski definition) is 6. The van der Waals surface area contributed by atoms with Crippen LogP contribution in [0.2, 0.25) is 0 Å². The van der Waals surface area contributed by atoms with Gasteiger partial charge in [0.05, 0.1) is 12.3 Å². The fourth-order valence-electron chi connectivity index (χ4n) is 1.64. The van der Waals surface area contributed by atoms with Crippen molar-refractivity contribution >= 4 is 17.6 Å². The molecule has 2 rings (SSSR count). The number of thioether (sulfide) groups is 1. The van der Waals surface area contributed by atoms with Gasteiger partial charge in [-0.25, -0.2) is 9.97 Å². The van der Waals surface area contributed by atoms with E-state index >= 15 is 0 Å². The second kappa shape index (κ2) is 5.84. The van der Waals surface area contributed by atoms with Gasteiger partial charge in [0.25, 0.3) is 0 Å². The highest BCUT2D eigenvalue weighted by atomic mass is 32.2. The first-order chi connectivity index (χ1) is 8.29. The predicted octanol–water partition coefficient (Wildman–Crippen LogP) is 1.59. The number of nitriles is 1. The van der Waals surface area contributed by atoms with E-state index < -0.39 is 0 Å². The molecule has 1 aliphatic heterocycles. The van der Waals surface area contributed by atoms with E-state index in [1.165, 1.54) is 24.4 Å². The SMILES string of the molecule is N#Cc1cnc(SC[C@H]2CCCCO2)nc1N. The molecule has 0 aromatic carbocycles. The van der Waals surface area contributed by atoms with Crippen molar-refractivity contribution in [3.05, 3.63) is 11.8 Å². The number of nitrogens with zero attached hydrogens (tertiary/aromatic N) is 3. The van der Waals surface area contributed by atoms with Gasteiger partial charge in [0.2, 0.25) is 0 Å². The second-order valence-electron chi connectivity index (χ2n) is 3.86. The zero-order valence-electron chi connectivity index (χ0n) is 9.43.